The standard InChI is InChI=1S/C39H66N2O29/c1-9-19(49)24(54)27(57)37(61-9)68-31-18(41-11(3)47)34(59)62-16(7-45)30(31)67-35-17(40-10(2)46)23(53)29(15(6-44)65-35)66-39-33(70-36-26(56)20(50)12(48)8-60-36)32(22(52)14(5-43)64-39)69-38-28(58)25(55)21(51)13(4-42)63-38/h9,12-39,42-45,48-59H,4-8H2,1-3H3,(H,40,46)(H,41,47)/t9-,12+,13+,14+,15+,16+,17+,18+,19+,20-,21+,22+,23+,24+,25-,26+,27-,28-,29+,30+,31+,32-,33-,34+,35-,36-,37+,38-,39-/m0/s1. The Kier molecular flexibility index (Phi) is 20.0. The highest BCUT2D eigenvalue weighted by Gasteiger charge is 2.58. The molecule has 0 bridgehead atoms. The van der Waals surface area contributed by atoms with Crippen LogP contribution in [0.1, 0.15) is 20.8 Å². The monoisotopic (exact) mass is 1030 g/mol. The number of ether oxygens (including phenoxy) is 11. The Balaban J connectivity index is 1.34. The summed E-state index contributed by atoms with van der Waals surface area (Å²) < 4.78 is 64.3. The molecule has 0 spiro atoms. The van der Waals surface area contributed by atoms with E-state index in [1.54, 1.807) is 0 Å². The number of hydrogen-bond donors (Lipinski definition) is 18. The minimum absolute atomic E-state index is 0.637. The van der Waals surface area contributed by atoms with Crippen molar-refractivity contribution in [3.05, 3.63) is 0 Å². The highest BCUT2D eigenvalue weighted by Crippen LogP contribution is 2.38. The fraction of sp³-hybridized carbons (Fsp3) is 0.949. The Morgan fingerprint density at radius 2 is 0.886 bits per heavy atom. The second-order valence-electron chi connectivity index (χ2n) is 17.8. The number of rotatable bonds is 16. The van der Waals surface area contributed by atoms with Crippen molar-refractivity contribution in [1.82, 2.24) is 10.6 Å². The zero-order chi connectivity index (χ0) is 51.6. The molecule has 6 heterocycles. The maximum atomic E-state index is 12.8. The number of aliphatic hydroxyl groups excluding tert-OH is 16. The topological polar surface area (TPSA) is 483 Å². The van der Waals surface area contributed by atoms with E-state index in [1.807, 2.05) is 0 Å². The maximum absolute atomic E-state index is 12.8. The first-order valence-corrected chi connectivity index (χ1v) is 22.4. The summed E-state index contributed by atoms with van der Waals surface area (Å²) in [7, 11) is 0. The van der Waals surface area contributed by atoms with Crippen molar-refractivity contribution >= 4 is 11.8 Å². The third kappa shape index (κ3) is 12.2. The van der Waals surface area contributed by atoms with Crippen LogP contribution in [0.5, 0.6) is 0 Å². The second kappa shape index (κ2) is 24.5. The van der Waals surface area contributed by atoms with E-state index in [-0.39, 0.29) is 0 Å². The van der Waals surface area contributed by atoms with Gasteiger partial charge >= 0.3 is 0 Å². The Labute approximate surface area is 397 Å². The molecule has 0 aromatic rings. The molecule has 0 aromatic carbocycles. The fourth-order valence-corrected chi connectivity index (χ4v) is 8.95. The van der Waals surface area contributed by atoms with Gasteiger partial charge in [0.05, 0.1) is 39.1 Å². The van der Waals surface area contributed by atoms with E-state index >= 15 is 0 Å². The van der Waals surface area contributed by atoms with Crippen LogP contribution < -0.4 is 10.6 Å². The van der Waals surface area contributed by atoms with Gasteiger partial charge in [-0.25, -0.2) is 0 Å². The number of amides is 2. The molecule has 29 atom stereocenters. The second-order valence-corrected chi connectivity index (χ2v) is 17.8. The summed E-state index contributed by atoms with van der Waals surface area (Å²) in [4.78, 5) is 25.2. The van der Waals surface area contributed by atoms with Crippen molar-refractivity contribution in [2.24, 2.45) is 0 Å². The quantitative estimate of drug-likeness (QED) is 0.0682. The van der Waals surface area contributed by atoms with Crippen LogP contribution in [0, 0.1) is 0 Å². The average Bonchev–Trinajstić information content (AvgIpc) is 3.32. The first-order valence-electron chi connectivity index (χ1n) is 22.4. The van der Waals surface area contributed by atoms with Crippen molar-refractivity contribution in [1.29, 1.82) is 0 Å². The molecule has 6 aliphatic rings. The lowest BCUT2D eigenvalue weighted by atomic mass is 9.93. The predicted molar refractivity (Wildman–Crippen MR) is 215 cm³/mol. The van der Waals surface area contributed by atoms with Gasteiger partial charge in [-0.1, -0.05) is 0 Å². The van der Waals surface area contributed by atoms with Crippen molar-refractivity contribution < 1.29 is 143 Å². The summed E-state index contributed by atoms with van der Waals surface area (Å²) in [6.45, 7) is -1.21. The summed E-state index contributed by atoms with van der Waals surface area (Å²) in [5.74, 6) is -1.61. The molecule has 6 saturated heterocycles. The van der Waals surface area contributed by atoms with Crippen LogP contribution in [-0.4, -0.2) is 305 Å². The smallest absolute Gasteiger partial charge is 0.217 e. The first kappa shape index (κ1) is 57.1. The van der Waals surface area contributed by atoms with Gasteiger partial charge in [0.1, 0.15) is 134 Å². The summed E-state index contributed by atoms with van der Waals surface area (Å²) in [6.07, 6.45) is -50.0. The SMILES string of the molecule is CC(=O)N[C@@H]1[C@@H](O[C@H]2O[C@@H](C)[C@@H](O)[C@@H](O)[C@@H]2O)[C@H](O[C@@H]2O[C@H](CO)[C@@H](O[C@@H]3O[C@H](CO)[C@@H](O)[C@H](O[C@@H]4O[C@H](CO)[C@@H](O)[C@H](O)[C@@H]4O)[C@@H]3O[C@@H]3OC[C@@H](O)[C@H](O)[C@H]3O)[C@H](O)[C@H]2NC(C)=O)[C@@H](CO)O[C@H]1O. The van der Waals surface area contributed by atoms with E-state index in [0.717, 1.165) is 13.8 Å². The highest BCUT2D eigenvalue weighted by molar-refractivity contribution is 5.73. The molecule has 31 heteroatoms. The molecule has 6 aliphatic heterocycles. The van der Waals surface area contributed by atoms with Crippen molar-refractivity contribution in [2.45, 2.75) is 199 Å². The van der Waals surface area contributed by atoms with Crippen LogP contribution in [0.15, 0.2) is 0 Å². The van der Waals surface area contributed by atoms with E-state index in [9.17, 15) is 91.3 Å². The first-order chi connectivity index (χ1) is 33.1. The third-order valence-corrected chi connectivity index (χ3v) is 12.8. The Morgan fingerprint density at radius 1 is 0.429 bits per heavy atom. The van der Waals surface area contributed by atoms with E-state index in [0.29, 0.717) is 0 Å². The van der Waals surface area contributed by atoms with Gasteiger partial charge in [-0.05, 0) is 6.92 Å². The van der Waals surface area contributed by atoms with Crippen molar-refractivity contribution in [3.63, 3.8) is 0 Å². The average molecular weight is 1030 g/mol. The van der Waals surface area contributed by atoms with Crippen LogP contribution in [0.2, 0.25) is 0 Å². The van der Waals surface area contributed by atoms with E-state index in [1.165, 1.54) is 6.92 Å². The van der Waals surface area contributed by atoms with Crippen molar-refractivity contribution in [2.75, 3.05) is 33.0 Å². The summed E-state index contributed by atoms with van der Waals surface area (Å²) in [5.41, 5.74) is 0. The number of aliphatic hydroxyl groups is 16. The lowest BCUT2D eigenvalue weighted by Crippen LogP contribution is -2.71. The number of carbonyl (C=O) groups excluding carboxylic acids is 2. The van der Waals surface area contributed by atoms with Gasteiger partial charge in [-0.2, -0.15) is 0 Å². The van der Waals surface area contributed by atoms with Gasteiger partial charge in [-0.3, -0.25) is 9.59 Å². The number of nitrogens with one attached hydrogen (secondary N) is 2. The van der Waals surface area contributed by atoms with Crippen molar-refractivity contribution in [3.8, 4) is 0 Å². The molecule has 0 aromatic heterocycles. The molecular formula is C39H66N2O29. The minimum Gasteiger partial charge on any atom is -0.394 e. The number of hydrogen-bond acceptors (Lipinski definition) is 29. The van der Waals surface area contributed by atoms with Gasteiger partial charge in [0, 0.05) is 13.8 Å². The number of carbonyl (C=O) groups is 2. The fourth-order valence-electron chi connectivity index (χ4n) is 8.95. The van der Waals surface area contributed by atoms with Crippen LogP contribution >= 0.6 is 0 Å². The molecule has 31 nitrogen and oxygen atoms in total. The normalized spacial score (nSPS) is 50.3. The van der Waals surface area contributed by atoms with E-state index < -0.39 is 223 Å². The summed E-state index contributed by atoms with van der Waals surface area (Å²) in [6, 6.07) is -3.42. The van der Waals surface area contributed by atoms with Gasteiger partial charge in [0.2, 0.25) is 11.8 Å². The molecule has 18 N–H and O–H groups in total. The lowest BCUT2D eigenvalue weighted by Gasteiger charge is -2.51. The van der Waals surface area contributed by atoms with Gasteiger partial charge in [-0.15, -0.1) is 0 Å². The molecule has 0 aliphatic carbocycles. The Hall–Kier alpha value is -2.14. The molecular weight excluding hydrogens is 960 g/mol. The molecule has 70 heavy (non-hydrogen) atoms. The van der Waals surface area contributed by atoms with Crippen LogP contribution in [0.4, 0.5) is 0 Å². The Morgan fingerprint density at radius 3 is 1.49 bits per heavy atom. The minimum atomic E-state index is -2.10. The molecule has 2 amide bonds. The molecule has 6 fully saturated rings. The predicted octanol–water partition coefficient (Wildman–Crippen LogP) is -12.1. The summed E-state index contributed by atoms with van der Waals surface area (Å²) >= 11 is 0. The zero-order valence-corrected chi connectivity index (χ0v) is 37.7. The zero-order valence-electron chi connectivity index (χ0n) is 37.7. The summed E-state index contributed by atoms with van der Waals surface area (Å²) in [5, 5.41) is 176. The van der Waals surface area contributed by atoms with Crippen LogP contribution in [-0.2, 0) is 61.7 Å². The van der Waals surface area contributed by atoms with Crippen LogP contribution in [0.3, 0.4) is 0 Å². The molecule has 0 unspecified atom stereocenters. The van der Waals surface area contributed by atoms with Gasteiger partial charge in [0.25, 0.3) is 0 Å². The van der Waals surface area contributed by atoms with Gasteiger partial charge in [0.15, 0.2) is 37.7 Å². The largest absolute Gasteiger partial charge is 0.394 e. The van der Waals surface area contributed by atoms with E-state index in [4.69, 9.17) is 52.1 Å². The third-order valence-electron chi connectivity index (χ3n) is 12.8. The van der Waals surface area contributed by atoms with Crippen LogP contribution in [0.25, 0.3) is 0 Å². The van der Waals surface area contributed by atoms with E-state index in [2.05, 4.69) is 10.6 Å². The molecule has 0 saturated carbocycles. The molecule has 0 radical (unpaired) electrons. The van der Waals surface area contributed by atoms with Gasteiger partial charge < -0.3 is 144 Å². The Bertz CT molecular complexity index is 1680. The molecule has 6 rings (SSSR count). The molecule has 406 valence electrons. The maximum Gasteiger partial charge on any atom is 0.217 e. The lowest BCUT2D eigenvalue weighted by molar-refractivity contribution is -0.402. The highest BCUT2D eigenvalue weighted by atomic mass is 16.8.